The molecule has 0 aliphatic carbocycles. The number of pyridine rings is 1. The van der Waals surface area contributed by atoms with Gasteiger partial charge in [-0.2, -0.15) is 0 Å². The highest BCUT2D eigenvalue weighted by Gasteiger charge is 2.03. The highest BCUT2D eigenvalue weighted by atomic mass is 35.5. The number of hydrogen-bond donors (Lipinski definition) is 1. The minimum Gasteiger partial charge on any atom is -0.476 e. The maximum atomic E-state index is 8.95. The smallest absolute Gasteiger partial charge is 0.213 e. The average molecular weight is 231 g/mol. The molecule has 5 heteroatoms. The Morgan fingerprint density at radius 1 is 1.47 bits per heavy atom. The molecular formula is C10H15ClN2O2. The topological polar surface area (TPSA) is 45.6 Å². The molecule has 0 radical (unpaired) electrons. The van der Waals surface area contributed by atoms with Crippen LogP contribution in [0.5, 0.6) is 5.88 Å². The summed E-state index contributed by atoms with van der Waals surface area (Å²) in [7, 11) is 3.94. The number of aliphatic hydroxyl groups is 1. The summed E-state index contributed by atoms with van der Waals surface area (Å²) in [4.78, 5) is 6.08. The minimum atomic E-state index is -0.177. The van der Waals surface area contributed by atoms with Gasteiger partial charge in [0.25, 0.3) is 0 Å². The predicted octanol–water partition coefficient (Wildman–Crippen LogP) is 1.17. The third-order valence-corrected chi connectivity index (χ3v) is 2.18. The summed E-state index contributed by atoms with van der Waals surface area (Å²) in [6, 6.07) is 3.36. The summed E-state index contributed by atoms with van der Waals surface area (Å²) in [5.41, 5.74) is 0.444. The lowest BCUT2D eigenvalue weighted by molar-refractivity contribution is 0.247. The highest BCUT2D eigenvalue weighted by molar-refractivity contribution is 6.31. The van der Waals surface area contributed by atoms with Crippen LogP contribution in [0.3, 0.4) is 0 Å². The van der Waals surface area contributed by atoms with Gasteiger partial charge in [-0.1, -0.05) is 11.6 Å². The van der Waals surface area contributed by atoms with Crippen molar-refractivity contribution in [2.45, 2.75) is 6.61 Å². The largest absolute Gasteiger partial charge is 0.476 e. The zero-order valence-corrected chi connectivity index (χ0v) is 9.66. The normalized spacial score (nSPS) is 10.7. The molecule has 0 bridgehead atoms. The van der Waals surface area contributed by atoms with E-state index in [0.717, 1.165) is 6.54 Å². The second-order valence-corrected chi connectivity index (χ2v) is 3.80. The zero-order chi connectivity index (χ0) is 11.3. The molecule has 1 N–H and O–H groups in total. The van der Waals surface area contributed by atoms with Crippen LogP contribution in [0, 0.1) is 0 Å². The highest BCUT2D eigenvalue weighted by Crippen LogP contribution is 2.17. The summed E-state index contributed by atoms with van der Waals surface area (Å²) in [5.74, 6) is 0.491. The van der Waals surface area contributed by atoms with E-state index in [-0.39, 0.29) is 6.61 Å². The van der Waals surface area contributed by atoms with Gasteiger partial charge in [0.1, 0.15) is 6.61 Å². The van der Waals surface area contributed by atoms with Crippen molar-refractivity contribution in [2.24, 2.45) is 0 Å². The molecule has 0 atom stereocenters. The lowest BCUT2D eigenvalue weighted by atomic mass is 10.3. The molecule has 84 valence electrons. The molecule has 0 aromatic carbocycles. The van der Waals surface area contributed by atoms with Crippen LogP contribution in [0.25, 0.3) is 0 Å². The first-order valence-electron chi connectivity index (χ1n) is 4.67. The van der Waals surface area contributed by atoms with E-state index < -0.39 is 0 Å². The van der Waals surface area contributed by atoms with Crippen molar-refractivity contribution in [2.75, 3.05) is 27.2 Å². The average Bonchev–Trinajstić information content (AvgIpc) is 2.20. The number of nitrogens with zero attached hydrogens (tertiary/aromatic N) is 2. The van der Waals surface area contributed by atoms with Crippen LogP contribution in [0.1, 0.15) is 5.69 Å². The Morgan fingerprint density at radius 2 is 2.20 bits per heavy atom. The number of halogens is 1. The van der Waals surface area contributed by atoms with E-state index in [1.54, 1.807) is 12.1 Å². The third-order valence-electron chi connectivity index (χ3n) is 1.83. The molecule has 1 rings (SSSR count). The fourth-order valence-electron chi connectivity index (χ4n) is 0.988. The van der Waals surface area contributed by atoms with Gasteiger partial charge < -0.3 is 14.7 Å². The lowest BCUT2D eigenvalue weighted by Crippen LogP contribution is -2.19. The Balaban J connectivity index is 2.54. The van der Waals surface area contributed by atoms with E-state index in [2.05, 4.69) is 4.98 Å². The van der Waals surface area contributed by atoms with E-state index in [4.69, 9.17) is 21.4 Å². The lowest BCUT2D eigenvalue weighted by Gasteiger charge is -2.11. The summed E-state index contributed by atoms with van der Waals surface area (Å²) in [5, 5.41) is 9.40. The number of aliphatic hydroxyl groups excluding tert-OH is 1. The number of hydrogen-bond acceptors (Lipinski definition) is 4. The second-order valence-electron chi connectivity index (χ2n) is 3.39. The minimum absolute atomic E-state index is 0.177. The molecule has 0 amide bonds. The third kappa shape index (κ3) is 4.03. The van der Waals surface area contributed by atoms with Crippen LogP contribution in [0.4, 0.5) is 0 Å². The van der Waals surface area contributed by atoms with Crippen molar-refractivity contribution < 1.29 is 9.84 Å². The second kappa shape index (κ2) is 5.90. The first kappa shape index (κ1) is 12.2. The molecule has 0 spiro atoms. The van der Waals surface area contributed by atoms with Gasteiger partial charge in [-0.25, -0.2) is 4.98 Å². The SMILES string of the molecule is CN(C)CCOc1ccc(Cl)c(CO)n1. The number of ether oxygens (including phenoxy) is 1. The van der Waals surface area contributed by atoms with Crippen LogP contribution in [-0.2, 0) is 6.61 Å². The van der Waals surface area contributed by atoms with E-state index in [9.17, 15) is 0 Å². The van der Waals surface area contributed by atoms with Crippen molar-refractivity contribution in [1.82, 2.24) is 9.88 Å². The molecular weight excluding hydrogens is 216 g/mol. The van der Waals surface area contributed by atoms with Crippen molar-refractivity contribution in [1.29, 1.82) is 0 Å². The Hall–Kier alpha value is -0.840. The summed E-state index contributed by atoms with van der Waals surface area (Å²) in [6.07, 6.45) is 0. The van der Waals surface area contributed by atoms with Crippen LogP contribution in [-0.4, -0.2) is 42.2 Å². The van der Waals surface area contributed by atoms with E-state index in [1.807, 2.05) is 19.0 Å². The van der Waals surface area contributed by atoms with Gasteiger partial charge in [0.05, 0.1) is 17.3 Å². The summed E-state index contributed by atoms with van der Waals surface area (Å²) >= 11 is 5.79. The van der Waals surface area contributed by atoms with Crippen LogP contribution in [0.15, 0.2) is 12.1 Å². The Bertz CT molecular complexity index is 318. The predicted molar refractivity (Wildman–Crippen MR) is 59.2 cm³/mol. The fourth-order valence-corrected chi connectivity index (χ4v) is 1.15. The summed E-state index contributed by atoms with van der Waals surface area (Å²) in [6.45, 7) is 1.20. The quantitative estimate of drug-likeness (QED) is 0.825. The van der Waals surface area contributed by atoms with Crippen LogP contribution < -0.4 is 4.74 Å². The van der Waals surface area contributed by atoms with Gasteiger partial charge >= 0.3 is 0 Å². The molecule has 1 heterocycles. The van der Waals surface area contributed by atoms with Gasteiger partial charge in [-0.3, -0.25) is 0 Å². The molecule has 15 heavy (non-hydrogen) atoms. The molecule has 1 aromatic heterocycles. The molecule has 0 aliphatic rings. The number of likely N-dealkylation sites (N-methyl/N-ethyl adjacent to an activating group) is 1. The van der Waals surface area contributed by atoms with Crippen molar-refractivity contribution >= 4 is 11.6 Å². The maximum absolute atomic E-state index is 8.95. The molecule has 0 fully saturated rings. The van der Waals surface area contributed by atoms with Gasteiger partial charge in [-0.15, -0.1) is 0 Å². The zero-order valence-electron chi connectivity index (χ0n) is 8.90. The Labute approximate surface area is 94.4 Å². The van der Waals surface area contributed by atoms with Gasteiger partial charge in [0.2, 0.25) is 5.88 Å². The Morgan fingerprint density at radius 3 is 2.80 bits per heavy atom. The molecule has 0 unspecified atom stereocenters. The molecule has 0 aliphatic heterocycles. The Kier molecular flexibility index (Phi) is 4.81. The summed E-state index contributed by atoms with van der Waals surface area (Å²) < 4.78 is 5.39. The first-order valence-corrected chi connectivity index (χ1v) is 5.05. The van der Waals surface area contributed by atoms with Gasteiger partial charge in [-0.05, 0) is 20.2 Å². The number of aromatic nitrogens is 1. The van der Waals surface area contributed by atoms with E-state index in [1.165, 1.54) is 0 Å². The van der Waals surface area contributed by atoms with Gasteiger partial charge in [0, 0.05) is 12.6 Å². The van der Waals surface area contributed by atoms with Crippen molar-refractivity contribution in [3.8, 4) is 5.88 Å². The van der Waals surface area contributed by atoms with Crippen molar-refractivity contribution in [3.63, 3.8) is 0 Å². The van der Waals surface area contributed by atoms with Crippen LogP contribution in [0.2, 0.25) is 5.02 Å². The monoisotopic (exact) mass is 230 g/mol. The number of rotatable bonds is 5. The van der Waals surface area contributed by atoms with Crippen LogP contribution >= 0.6 is 11.6 Å². The van der Waals surface area contributed by atoms with Crippen molar-refractivity contribution in [3.05, 3.63) is 22.8 Å². The molecule has 0 saturated carbocycles. The van der Waals surface area contributed by atoms with Gasteiger partial charge in [0.15, 0.2) is 0 Å². The molecule has 4 nitrogen and oxygen atoms in total. The van der Waals surface area contributed by atoms with E-state index >= 15 is 0 Å². The molecule has 0 saturated heterocycles. The fraction of sp³-hybridized carbons (Fsp3) is 0.500. The van der Waals surface area contributed by atoms with E-state index in [0.29, 0.717) is 23.2 Å². The standard InChI is InChI=1S/C10H15ClN2O2/c1-13(2)5-6-15-10-4-3-8(11)9(7-14)12-10/h3-4,14H,5-7H2,1-2H3. The maximum Gasteiger partial charge on any atom is 0.213 e. The first-order chi connectivity index (χ1) is 7.13. The molecule has 1 aromatic rings.